The molecule has 2 aromatic rings. The number of hydrogen-bond acceptors (Lipinski definition) is 6. The third-order valence-corrected chi connectivity index (χ3v) is 5.86. The number of hydrogen-bond donors (Lipinski definition) is 2. The summed E-state index contributed by atoms with van der Waals surface area (Å²) >= 11 is 1.37. The van der Waals surface area contributed by atoms with Gasteiger partial charge in [-0.2, -0.15) is 0 Å². The molecule has 1 saturated heterocycles. The number of methoxy groups -OCH3 is 1. The molecule has 0 spiro atoms. The number of nitrogens with one attached hydrogen (secondary N) is 2. The first-order chi connectivity index (χ1) is 15.1. The first-order valence-electron chi connectivity index (χ1n) is 10.3. The summed E-state index contributed by atoms with van der Waals surface area (Å²) in [6.45, 7) is 3.96. The molecule has 0 saturated carbocycles. The van der Waals surface area contributed by atoms with Crippen LogP contribution < -0.4 is 10.6 Å². The fraction of sp³-hybridized carbons (Fsp3) is 0.409. The molecular formula is C22H28N4O4S. The number of rotatable bonds is 9. The third-order valence-electron chi connectivity index (χ3n) is 4.99. The first-order valence-corrected chi connectivity index (χ1v) is 11.2. The Balaban J connectivity index is 1.47. The number of anilines is 1. The van der Waals surface area contributed by atoms with E-state index >= 15 is 0 Å². The molecule has 166 valence electrons. The normalized spacial score (nSPS) is 14.3. The van der Waals surface area contributed by atoms with E-state index < -0.39 is 0 Å². The number of amides is 3. The van der Waals surface area contributed by atoms with Gasteiger partial charge in [0.05, 0.1) is 11.4 Å². The number of benzene rings is 1. The topological polar surface area (TPSA) is 91.0 Å². The van der Waals surface area contributed by atoms with Crippen LogP contribution in [0.2, 0.25) is 0 Å². The van der Waals surface area contributed by atoms with Crippen molar-refractivity contribution in [3.8, 4) is 0 Å². The summed E-state index contributed by atoms with van der Waals surface area (Å²) in [5, 5.41) is 7.56. The van der Waals surface area contributed by atoms with E-state index in [1.54, 1.807) is 42.3 Å². The smallest absolute Gasteiger partial charge is 0.265 e. The number of carbonyl (C=O) groups excluding carboxylic acids is 3. The van der Waals surface area contributed by atoms with E-state index in [0.29, 0.717) is 62.0 Å². The van der Waals surface area contributed by atoms with Crippen molar-refractivity contribution in [2.75, 3.05) is 58.3 Å². The van der Waals surface area contributed by atoms with Crippen molar-refractivity contribution in [3.63, 3.8) is 0 Å². The second-order valence-electron chi connectivity index (χ2n) is 7.28. The van der Waals surface area contributed by atoms with E-state index in [4.69, 9.17) is 4.74 Å². The minimum absolute atomic E-state index is 0.00920. The monoisotopic (exact) mass is 444 g/mol. The number of nitrogens with zero attached hydrogens (tertiary/aromatic N) is 2. The first kappa shape index (κ1) is 22.9. The number of piperazine rings is 1. The van der Waals surface area contributed by atoms with Crippen molar-refractivity contribution < 1.29 is 19.1 Å². The van der Waals surface area contributed by atoms with Gasteiger partial charge >= 0.3 is 0 Å². The van der Waals surface area contributed by atoms with Gasteiger partial charge in [-0.15, -0.1) is 11.3 Å². The maximum absolute atomic E-state index is 12.9. The van der Waals surface area contributed by atoms with Crippen molar-refractivity contribution in [2.24, 2.45) is 0 Å². The SMILES string of the molecule is COCCCNC(=O)CN1CCN(C(=O)c2cccc(NC(=O)c3cccs3)c2)CC1. The Morgan fingerprint density at radius 2 is 1.90 bits per heavy atom. The quantitative estimate of drug-likeness (QED) is 0.577. The summed E-state index contributed by atoms with van der Waals surface area (Å²) in [5.74, 6) is -0.269. The molecule has 1 fully saturated rings. The number of carbonyl (C=O) groups is 3. The standard InChI is InChI=1S/C22H28N4O4S/c1-30-13-4-8-23-20(27)16-25-9-11-26(12-10-25)22(29)17-5-2-6-18(15-17)24-21(28)19-7-3-14-31-19/h2-3,5-7,14-15H,4,8-13,16H2,1H3,(H,23,27)(H,24,28). The van der Waals surface area contributed by atoms with E-state index in [9.17, 15) is 14.4 Å². The molecule has 0 aliphatic carbocycles. The van der Waals surface area contributed by atoms with E-state index in [1.807, 2.05) is 16.3 Å². The highest BCUT2D eigenvalue weighted by Crippen LogP contribution is 2.17. The van der Waals surface area contributed by atoms with Crippen LogP contribution >= 0.6 is 11.3 Å². The van der Waals surface area contributed by atoms with Crippen LogP contribution in [0.5, 0.6) is 0 Å². The molecule has 3 rings (SSSR count). The van der Waals surface area contributed by atoms with Gasteiger partial charge in [-0.25, -0.2) is 0 Å². The maximum Gasteiger partial charge on any atom is 0.265 e. The van der Waals surface area contributed by atoms with Crippen LogP contribution in [-0.2, 0) is 9.53 Å². The largest absolute Gasteiger partial charge is 0.385 e. The molecule has 8 nitrogen and oxygen atoms in total. The highest BCUT2D eigenvalue weighted by Gasteiger charge is 2.23. The second kappa shape index (κ2) is 11.6. The average molecular weight is 445 g/mol. The van der Waals surface area contributed by atoms with Gasteiger partial charge in [0.25, 0.3) is 11.8 Å². The van der Waals surface area contributed by atoms with Crippen molar-refractivity contribution in [1.82, 2.24) is 15.1 Å². The number of thiophene rings is 1. The van der Waals surface area contributed by atoms with Crippen molar-refractivity contribution >= 4 is 34.7 Å². The molecule has 2 heterocycles. The zero-order valence-corrected chi connectivity index (χ0v) is 18.5. The molecule has 1 aromatic heterocycles. The second-order valence-corrected chi connectivity index (χ2v) is 8.22. The lowest BCUT2D eigenvalue weighted by atomic mass is 10.1. The Kier molecular flexibility index (Phi) is 8.57. The van der Waals surface area contributed by atoms with Gasteiger partial charge in [0, 0.05) is 57.7 Å². The van der Waals surface area contributed by atoms with Crippen LogP contribution in [0, 0.1) is 0 Å². The van der Waals surface area contributed by atoms with Crippen LogP contribution in [0.15, 0.2) is 41.8 Å². The summed E-state index contributed by atoms with van der Waals surface area (Å²) in [6.07, 6.45) is 0.789. The summed E-state index contributed by atoms with van der Waals surface area (Å²) in [6, 6.07) is 10.6. The molecule has 31 heavy (non-hydrogen) atoms. The molecule has 0 atom stereocenters. The molecular weight excluding hydrogens is 416 g/mol. The summed E-state index contributed by atoms with van der Waals surface area (Å²) < 4.78 is 4.97. The molecule has 0 unspecified atom stereocenters. The van der Waals surface area contributed by atoms with Gasteiger partial charge in [-0.3, -0.25) is 19.3 Å². The van der Waals surface area contributed by atoms with Gasteiger partial charge in [0.15, 0.2) is 0 Å². The Bertz CT molecular complexity index is 879. The highest BCUT2D eigenvalue weighted by molar-refractivity contribution is 7.12. The lowest BCUT2D eigenvalue weighted by Crippen LogP contribution is -2.51. The van der Waals surface area contributed by atoms with Crippen molar-refractivity contribution in [1.29, 1.82) is 0 Å². The predicted octanol–water partition coefficient (Wildman–Crippen LogP) is 1.91. The zero-order valence-electron chi connectivity index (χ0n) is 17.6. The molecule has 0 radical (unpaired) electrons. The Morgan fingerprint density at radius 1 is 1.10 bits per heavy atom. The van der Waals surface area contributed by atoms with Gasteiger partial charge in [-0.1, -0.05) is 12.1 Å². The van der Waals surface area contributed by atoms with E-state index in [0.717, 1.165) is 6.42 Å². The van der Waals surface area contributed by atoms with Crippen LogP contribution in [0.1, 0.15) is 26.5 Å². The van der Waals surface area contributed by atoms with E-state index in [2.05, 4.69) is 10.6 Å². The molecule has 1 aliphatic heterocycles. The van der Waals surface area contributed by atoms with Crippen LogP contribution in [0.4, 0.5) is 5.69 Å². The Labute approximate surface area is 186 Å². The van der Waals surface area contributed by atoms with Crippen molar-refractivity contribution in [2.45, 2.75) is 6.42 Å². The fourth-order valence-electron chi connectivity index (χ4n) is 3.33. The Hall–Kier alpha value is -2.75. The maximum atomic E-state index is 12.9. The predicted molar refractivity (Wildman–Crippen MR) is 121 cm³/mol. The molecule has 0 bridgehead atoms. The van der Waals surface area contributed by atoms with Crippen molar-refractivity contribution in [3.05, 3.63) is 52.2 Å². The molecule has 1 aliphatic rings. The molecule has 2 N–H and O–H groups in total. The highest BCUT2D eigenvalue weighted by atomic mass is 32.1. The Morgan fingerprint density at radius 3 is 2.61 bits per heavy atom. The molecule has 3 amide bonds. The van der Waals surface area contributed by atoms with Gasteiger partial charge in [0.1, 0.15) is 0 Å². The van der Waals surface area contributed by atoms with Gasteiger partial charge in [0.2, 0.25) is 5.91 Å². The average Bonchev–Trinajstić information content (AvgIpc) is 3.32. The van der Waals surface area contributed by atoms with Crippen LogP contribution in [0.25, 0.3) is 0 Å². The fourth-order valence-corrected chi connectivity index (χ4v) is 3.94. The number of ether oxygens (including phenoxy) is 1. The third kappa shape index (κ3) is 6.88. The summed E-state index contributed by atoms with van der Waals surface area (Å²) in [7, 11) is 1.64. The van der Waals surface area contributed by atoms with Crippen LogP contribution in [-0.4, -0.2) is 80.5 Å². The zero-order chi connectivity index (χ0) is 22.1. The summed E-state index contributed by atoms with van der Waals surface area (Å²) in [5.41, 5.74) is 1.13. The molecule has 1 aromatic carbocycles. The summed E-state index contributed by atoms with van der Waals surface area (Å²) in [4.78, 5) is 41.6. The van der Waals surface area contributed by atoms with E-state index in [-0.39, 0.29) is 17.7 Å². The minimum Gasteiger partial charge on any atom is -0.385 e. The lowest BCUT2D eigenvalue weighted by molar-refractivity contribution is -0.122. The lowest BCUT2D eigenvalue weighted by Gasteiger charge is -2.34. The minimum atomic E-state index is -0.186. The van der Waals surface area contributed by atoms with Gasteiger partial charge in [-0.05, 0) is 36.1 Å². The van der Waals surface area contributed by atoms with Gasteiger partial charge < -0.3 is 20.3 Å². The van der Waals surface area contributed by atoms with E-state index in [1.165, 1.54) is 11.3 Å². The molecule has 9 heteroatoms. The van der Waals surface area contributed by atoms with Crippen LogP contribution in [0.3, 0.4) is 0 Å².